The van der Waals surface area contributed by atoms with Gasteiger partial charge >= 0.3 is 0 Å². The number of benzene rings is 13. The van der Waals surface area contributed by atoms with Gasteiger partial charge in [0.1, 0.15) is 46.0 Å². The number of phenols is 4. The van der Waals surface area contributed by atoms with E-state index in [1.807, 2.05) is 42.5 Å². The topological polar surface area (TPSA) is 99.4 Å². The fourth-order valence-electron chi connectivity index (χ4n) is 14.3. The SMILES string of the molecule is Oc1ccc2cc3c(cc2c1)Oc1c(cc2ccc(O)cc2c1-c1cc2ccccc2c2c1-c1ccccc1C21c2cc4ccc(O)cc4cc2Oc2cc4cc(O)ccc4cc21)C31c2ccc(Br)cc2-c2cc(Br)ccc21. The van der Waals surface area contributed by atoms with Gasteiger partial charge in [-0.15, -0.1) is 0 Å². The maximum absolute atomic E-state index is 11.8. The summed E-state index contributed by atoms with van der Waals surface area (Å²) in [5, 5.41) is 53.5. The van der Waals surface area contributed by atoms with Crippen LogP contribution in [0.5, 0.6) is 46.0 Å². The molecule has 0 radical (unpaired) electrons. The second-order valence-electron chi connectivity index (χ2n) is 21.2. The molecule has 2 spiro atoms. The predicted octanol–water partition coefficient (Wildman–Crippen LogP) is 18.4. The van der Waals surface area contributed by atoms with E-state index in [1.54, 1.807) is 42.5 Å². The Balaban J connectivity index is 1.07. The molecule has 8 heteroatoms. The number of phenolic OH excluding ortho intramolecular Hbond substituents is 4. The van der Waals surface area contributed by atoms with Gasteiger partial charge in [0.2, 0.25) is 0 Å². The van der Waals surface area contributed by atoms with Crippen LogP contribution in [0.15, 0.2) is 215 Å². The summed E-state index contributed by atoms with van der Waals surface area (Å²) in [4.78, 5) is 0. The van der Waals surface area contributed by atoms with Crippen LogP contribution in [0.2, 0.25) is 0 Å². The van der Waals surface area contributed by atoms with Crippen LogP contribution in [0.4, 0.5) is 0 Å². The van der Waals surface area contributed by atoms with Gasteiger partial charge in [0.05, 0.1) is 10.8 Å². The fourth-order valence-corrected chi connectivity index (χ4v) is 15.0. The van der Waals surface area contributed by atoms with Crippen molar-refractivity contribution in [3.63, 3.8) is 0 Å². The zero-order chi connectivity index (χ0) is 52.1. The molecule has 13 aromatic rings. The molecule has 6 nitrogen and oxygen atoms in total. The zero-order valence-electron chi connectivity index (χ0n) is 41.0. The minimum absolute atomic E-state index is 0.125. The molecule has 4 N–H and O–H groups in total. The van der Waals surface area contributed by atoms with E-state index in [4.69, 9.17) is 9.47 Å². The summed E-state index contributed by atoms with van der Waals surface area (Å²) in [5.74, 6) is 3.23. The first kappa shape index (κ1) is 44.1. The molecule has 2 heterocycles. The summed E-state index contributed by atoms with van der Waals surface area (Å²) in [6.45, 7) is 0. The summed E-state index contributed by atoms with van der Waals surface area (Å²) in [6.07, 6.45) is 0. The molecule has 368 valence electrons. The Labute approximate surface area is 462 Å². The highest BCUT2D eigenvalue weighted by Gasteiger charge is 2.55. The highest BCUT2D eigenvalue weighted by molar-refractivity contribution is 9.10. The van der Waals surface area contributed by atoms with Crippen molar-refractivity contribution in [2.75, 3.05) is 0 Å². The van der Waals surface area contributed by atoms with Gasteiger partial charge in [-0.05, 0) is 225 Å². The summed E-state index contributed by atoms with van der Waals surface area (Å²) < 4.78 is 16.8. The van der Waals surface area contributed by atoms with Crippen molar-refractivity contribution < 1.29 is 29.9 Å². The lowest BCUT2D eigenvalue weighted by Gasteiger charge is -2.41. The molecule has 2 aliphatic heterocycles. The van der Waals surface area contributed by atoms with Crippen molar-refractivity contribution in [2.45, 2.75) is 10.8 Å². The molecule has 13 aromatic carbocycles. The van der Waals surface area contributed by atoms with Gasteiger partial charge in [-0.2, -0.15) is 0 Å². The number of hydrogen-bond acceptors (Lipinski definition) is 6. The van der Waals surface area contributed by atoms with Crippen molar-refractivity contribution in [1.82, 2.24) is 0 Å². The Bertz CT molecular complexity index is 4820. The van der Waals surface area contributed by atoms with Gasteiger partial charge in [-0.25, -0.2) is 0 Å². The largest absolute Gasteiger partial charge is 0.508 e. The van der Waals surface area contributed by atoms with E-state index in [1.165, 1.54) is 0 Å². The molecule has 0 aromatic heterocycles. The third kappa shape index (κ3) is 5.65. The Morgan fingerprint density at radius 3 is 1.37 bits per heavy atom. The van der Waals surface area contributed by atoms with Crippen molar-refractivity contribution >= 4 is 85.7 Å². The third-order valence-electron chi connectivity index (χ3n) is 17.2. The van der Waals surface area contributed by atoms with Gasteiger partial charge in [-0.3, -0.25) is 0 Å². The average molecular weight is 1130 g/mol. The quantitative estimate of drug-likeness (QED) is 0.131. The summed E-state index contributed by atoms with van der Waals surface area (Å²) >= 11 is 7.72. The lowest BCUT2D eigenvalue weighted by molar-refractivity contribution is 0.438. The van der Waals surface area contributed by atoms with Crippen LogP contribution in [0.3, 0.4) is 0 Å². The molecule has 0 amide bonds. The molecule has 0 unspecified atom stereocenters. The fraction of sp³-hybridized carbons (Fsp3) is 0.0286. The van der Waals surface area contributed by atoms with E-state index < -0.39 is 10.8 Å². The molecule has 78 heavy (non-hydrogen) atoms. The van der Waals surface area contributed by atoms with Crippen molar-refractivity contribution in [3.8, 4) is 79.4 Å². The van der Waals surface area contributed by atoms with Crippen LogP contribution in [0, 0.1) is 0 Å². The highest BCUT2D eigenvalue weighted by Crippen LogP contribution is 2.69. The average Bonchev–Trinajstić information content (AvgIpc) is 3.97. The summed E-state index contributed by atoms with van der Waals surface area (Å²) in [7, 11) is 0. The molecule has 0 atom stereocenters. The van der Waals surface area contributed by atoms with E-state index in [-0.39, 0.29) is 23.0 Å². The summed E-state index contributed by atoms with van der Waals surface area (Å²) in [5.41, 5.74) is 12.3. The molecule has 0 bridgehead atoms. The predicted molar refractivity (Wildman–Crippen MR) is 316 cm³/mol. The van der Waals surface area contributed by atoms with Gasteiger partial charge in [-0.1, -0.05) is 117 Å². The number of rotatable bonds is 1. The Hall–Kier alpha value is -9.08. The maximum Gasteiger partial charge on any atom is 0.140 e. The van der Waals surface area contributed by atoms with Gasteiger partial charge in [0.15, 0.2) is 0 Å². The van der Waals surface area contributed by atoms with Gasteiger partial charge < -0.3 is 29.9 Å². The summed E-state index contributed by atoms with van der Waals surface area (Å²) in [6, 6.07) is 70.1. The number of ether oxygens (including phenoxy) is 2. The molecule has 17 rings (SSSR count). The molecule has 0 fully saturated rings. The first-order valence-corrected chi connectivity index (χ1v) is 27.4. The third-order valence-corrected chi connectivity index (χ3v) is 18.2. The van der Waals surface area contributed by atoms with Gasteiger partial charge in [0.25, 0.3) is 0 Å². The van der Waals surface area contributed by atoms with E-state index in [2.05, 4.69) is 153 Å². The number of aromatic hydroxyl groups is 4. The van der Waals surface area contributed by atoms with Crippen molar-refractivity contribution in [1.29, 1.82) is 0 Å². The van der Waals surface area contributed by atoms with E-state index in [0.717, 1.165) is 141 Å². The van der Waals surface area contributed by atoms with E-state index in [0.29, 0.717) is 23.0 Å². The van der Waals surface area contributed by atoms with Crippen LogP contribution in [-0.2, 0) is 10.8 Å². The van der Waals surface area contributed by atoms with E-state index in [9.17, 15) is 20.4 Å². The standard InChI is InChI=1S/C70H38Br2O6/c71-43-13-19-56-52(32-43)53-33-44(72)14-20-57(53)69(56)58-25-35-9-15-47(75)23-42(35)31-64(58)78-68-61(69)28-39-12-18-48(76)34-51(39)66(68)54-24-38-5-1-2-6-49(38)67-65(54)50-7-3-4-8-55(50)70(67)59-26-36-10-16-45(73)21-40(36)29-62(59)77-63-30-41-22-46(74)17-11-37(41)27-60(63)70/h1-34,73-76H. The first-order chi connectivity index (χ1) is 38.0. The van der Waals surface area contributed by atoms with Gasteiger partial charge in [0, 0.05) is 36.8 Å². The van der Waals surface area contributed by atoms with Crippen LogP contribution in [-0.4, -0.2) is 20.4 Å². The lowest BCUT2D eigenvalue weighted by Crippen LogP contribution is -2.33. The normalized spacial score (nSPS) is 14.4. The number of fused-ring (bicyclic) bond motifs is 24. The molecule has 0 saturated heterocycles. The Morgan fingerprint density at radius 2 is 0.769 bits per heavy atom. The highest BCUT2D eigenvalue weighted by atomic mass is 79.9. The lowest BCUT2D eigenvalue weighted by atomic mass is 9.64. The van der Waals surface area contributed by atoms with Crippen LogP contribution >= 0.6 is 31.9 Å². The molecular formula is C70H38Br2O6. The van der Waals surface area contributed by atoms with E-state index >= 15 is 0 Å². The minimum atomic E-state index is -0.991. The number of halogens is 2. The van der Waals surface area contributed by atoms with Crippen LogP contribution < -0.4 is 9.47 Å². The minimum Gasteiger partial charge on any atom is -0.508 e. The molecule has 2 aliphatic carbocycles. The van der Waals surface area contributed by atoms with Crippen LogP contribution in [0.25, 0.3) is 87.2 Å². The first-order valence-electron chi connectivity index (χ1n) is 25.8. The second-order valence-corrected chi connectivity index (χ2v) is 23.0. The second kappa shape index (κ2) is 15.3. The van der Waals surface area contributed by atoms with Crippen molar-refractivity contribution in [2.24, 2.45) is 0 Å². The monoisotopic (exact) mass is 1130 g/mol. The number of hydrogen-bond donors (Lipinski definition) is 4. The smallest absolute Gasteiger partial charge is 0.140 e. The molecular weight excluding hydrogens is 1100 g/mol. The molecule has 4 aliphatic rings. The Kier molecular flexibility index (Phi) is 8.66. The van der Waals surface area contributed by atoms with Crippen molar-refractivity contribution in [3.05, 3.63) is 260 Å². The molecule has 0 saturated carbocycles. The Morgan fingerprint density at radius 1 is 0.295 bits per heavy atom. The maximum atomic E-state index is 11.8. The van der Waals surface area contributed by atoms with Crippen LogP contribution in [0.1, 0.15) is 44.5 Å². The zero-order valence-corrected chi connectivity index (χ0v) is 44.2.